The molecule has 2 rings (SSSR count). The van der Waals surface area contributed by atoms with Gasteiger partial charge in [0.05, 0.1) is 6.20 Å². The summed E-state index contributed by atoms with van der Waals surface area (Å²) in [7, 11) is 3.60. The smallest absolute Gasteiger partial charge is 0.319 e. The summed E-state index contributed by atoms with van der Waals surface area (Å²) < 4.78 is 0. The second-order valence-electron chi connectivity index (χ2n) is 5.34. The lowest BCUT2D eigenvalue weighted by molar-refractivity contribution is 0.152. The van der Waals surface area contributed by atoms with Gasteiger partial charge in [0.25, 0.3) is 0 Å². The normalized spacial score (nSPS) is 16.7. The molecule has 0 atom stereocenters. The molecule has 1 aromatic heterocycles. The Labute approximate surface area is 114 Å². The Bertz CT molecular complexity index is 420. The maximum atomic E-state index is 11.8. The van der Waals surface area contributed by atoms with Crippen molar-refractivity contribution in [2.75, 3.05) is 27.2 Å². The van der Waals surface area contributed by atoms with Crippen LogP contribution < -0.4 is 5.32 Å². The van der Waals surface area contributed by atoms with Crippen LogP contribution in [-0.2, 0) is 6.54 Å². The van der Waals surface area contributed by atoms with Crippen molar-refractivity contribution < 1.29 is 4.79 Å². The first-order valence-corrected chi connectivity index (χ1v) is 6.76. The van der Waals surface area contributed by atoms with Gasteiger partial charge in [-0.25, -0.2) is 4.79 Å². The third-order valence-corrected chi connectivity index (χ3v) is 3.66. The van der Waals surface area contributed by atoms with Crippen LogP contribution in [-0.4, -0.2) is 59.3 Å². The number of amides is 2. The topological polar surface area (TPSA) is 64.3 Å². The molecule has 0 saturated carbocycles. The largest absolute Gasteiger partial charge is 0.331 e. The van der Waals surface area contributed by atoms with Crippen molar-refractivity contribution in [3.63, 3.8) is 0 Å². The van der Waals surface area contributed by atoms with Gasteiger partial charge in [0.1, 0.15) is 0 Å². The molecule has 6 heteroatoms. The summed E-state index contributed by atoms with van der Waals surface area (Å²) in [6.45, 7) is 4.54. The highest BCUT2D eigenvalue weighted by molar-refractivity contribution is 5.73. The highest BCUT2D eigenvalue weighted by Crippen LogP contribution is 2.13. The Morgan fingerprint density at radius 2 is 2.21 bits per heavy atom. The molecule has 0 aliphatic carbocycles. The molecular weight excluding hydrogens is 242 g/mol. The lowest BCUT2D eigenvalue weighted by atomic mass is 10.0. The number of H-pyrrole nitrogens is 1. The van der Waals surface area contributed by atoms with E-state index in [2.05, 4.69) is 15.5 Å². The molecule has 0 spiro atoms. The molecule has 19 heavy (non-hydrogen) atoms. The minimum Gasteiger partial charge on any atom is -0.331 e. The first-order valence-electron chi connectivity index (χ1n) is 6.76. The quantitative estimate of drug-likeness (QED) is 0.855. The number of aryl methyl sites for hydroxylation is 1. The van der Waals surface area contributed by atoms with Crippen molar-refractivity contribution in [1.82, 2.24) is 25.3 Å². The van der Waals surface area contributed by atoms with Crippen LogP contribution in [0, 0.1) is 6.92 Å². The molecule has 1 fully saturated rings. The van der Waals surface area contributed by atoms with Gasteiger partial charge in [-0.1, -0.05) is 0 Å². The van der Waals surface area contributed by atoms with E-state index in [1.807, 2.05) is 18.0 Å². The van der Waals surface area contributed by atoms with Gasteiger partial charge in [-0.05, 0) is 19.8 Å². The average molecular weight is 265 g/mol. The van der Waals surface area contributed by atoms with Crippen molar-refractivity contribution in [1.29, 1.82) is 0 Å². The number of urea groups is 1. The van der Waals surface area contributed by atoms with E-state index in [1.165, 1.54) is 5.56 Å². The van der Waals surface area contributed by atoms with Gasteiger partial charge in [0.15, 0.2) is 0 Å². The van der Waals surface area contributed by atoms with Crippen molar-refractivity contribution >= 4 is 6.03 Å². The van der Waals surface area contributed by atoms with Crippen molar-refractivity contribution in [2.45, 2.75) is 32.4 Å². The predicted molar refractivity (Wildman–Crippen MR) is 73.8 cm³/mol. The zero-order chi connectivity index (χ0) is 13.8. The number of likely N-dealkylation sites (tertiary alicyclic amines) is 1. The second-order valence-corrected chi connectivity index (χ2v) is 5.34. The summed E-state index contributed by atoms with van der Waals surface area (Å²) in [5.74, 6) is 0. The van der Waals surface area contributed by atoms with Gasteiger partial charge in [0, 0.05) is 51.0 Å². The second kappa shape index (κ2) is 6.06. The first-order chi connectivity index (χ1) is 9.08. The van der Waals surface area contributed by atoms with Gasteiger partial charge in [-0.3, -0.25) is 5.10 Å². The minimum absolute atomic E-state index is 0.115. The number of hydrogen-bond acceptors (Lipinski definition) is 3. The standard InChI is InChI=1S/C13H23N5O/c1-10-11(9-15-16-10)8-14-12-4-6-18(7-5-12)13(19)17(2)3/h9,12,14H,4-8H2,1-3H3,(H,15,16). The highest BCUT2D eigenvalue weighted by atomic mass is 16.2. The van der Waals surface area contributed by atoms with Gasteiger partial charge in [0.2, 0.25) is 0 Å². The average Bonchev–Trinajstić information content (AvgIpc) is 2.81. The number of rotatable bonds is 3. The Morgan fingerprint density at radius 1 is 1.53 bits per heavy atom. The summed E-state index contributed by atoms with van der Waals surface area (Å²) in [4.78, 5) is 15.4. The molecule has 0 aromatic carbocycles. The Kier molecular flexibility index (Phi) is 4.42. The van der Waals surface area contributed by atoms with E-state index < -0.39 is 0 Å². The number of nitrogens with one attached hydrogen (secondary N) is 2. The van der Waals surface area contributed by atoms with Gasteiger partial charge in [-0.15, -0.1) is 0 Å². The number of piperidine rings is 1. The first kappa shape index (κ1) is 13.9. The summed E-state index contributed by atoms with van der Waals surface area (Å²) in [5.41, 5.74) is 2.33. The van der Waals surface area contributed by atoms with Crippen LogP contribution >= 0.6 is 0 Å². The molecule has 1 saturated heterocycles. The van der Waals surface area contributed by atoms with Gasteiger partial charge in [-0.2, -0.15) is 5.10 Å². The van der Waals surface area contributed by atoms with E-state index in [0.717, 1.165) is 38.2 Å². The number of aromatic amines is 1. The van der Waals surface area contributed by atoms with E-state index in [4.69, 9.17) is 0 Å². The number of carbonyl (C=O) groups is 1. The highest BCUT2D eigenvalue weighted by Gasteiger charge is 2.23. The van der Waals surface area contributed by atoms with Crippen LogP contribution in [0.3, 0.4) is 0 Å². The van der Waals surface area contributed by atoms with Crippen LogP contribution in [0.15, 0.2) is 6.20 Å². The fourth-order valence-electron chi connectivity index (χ4n) is 2.37. The monoisotopic (exact) mass is 265 g/mol. The number of nitrogens with zero attached hydrogens (tertiary/aromatic N) is 3. The predicted octanol–water partition coefficient (Wildman–Crippen LogP) is 0.954. The van der Waals surface area contributed by atoms with Crippen LogP contribution in [0.1, 0.15) is 24.1 Å². The van der Waals surface area contributed by atoms with Crippen LogP contribution in [0.2, 0.25) is 0 Å². The van der Waals surface area contributed by atoms with E-state index >= 15 is 0 Å². The lowest BCUT2D eigenvalue weighted by Crippen LogP contribution is -2.47. The molecule has 0 unspecified atom stereocenters. The van der Waals surface area contributed by atoms with Crippen LogP contribution in [0.25, 0.3) is 0 Å². The van der Waals surface area contributed by atoms with Gasteiger partial charge >= 0.3 is 6.03 Å². The summed E-state index contributed by atoms with van der Waals surface area (Å²) >= 11 is 0. The van der Waals surface area contributed by atoms with Gasteiger partial charge < -0.3 is 15.1 Å². The molecule has 0 bridgehead atoms. The lowest BCUT2D eigenvalue weighted by Gasteiger charge is -2.34. The Morgan fingerprint density at radius 3 is 2.74 bits per heavy atom. The molecular formula is C13H23N5O. The Hall–Kier alpha value is -1.56. The fourth-order valence-corrected chi connectivity index (χ4v) is 2.37. The number of carbonyl (C=O) groups excluding carboxylic acids is 1. The van der Waals surface area contributed by atoms with Crippen molar-refractivity contribution in [3.8, 4) is 0 Å². The number of hydrogen-bond donors (Lipinski definition) is 2. The van der Waals surface area contributed by atoms with Crippen molar-refractivity contribution in [2.24, 2.45) is 0 Å². The van der Waals surface area contributed by atoms with E-state index in [-0.39, 0.29) is 6.03 Å². The summed E-state index contributed by atoms with van der Waals surface area (Å²) in [6, 6.07) is 0.602. The molecule has 2 N–H and O–H groups in total. The zero-order valence-corrected chi connectivity index (χ0v) is 11.9. The van der Waals surface area contributed by atoms with E-state index in [1.54, 1.807) is 19.0 Å². The maximum Gasteiger partial charge on any atom is 0.319 e. The van der Waals surface area contributed by atoms with Crippen LogP contribution in [0.5, 0.6) is 0 Å². The molecule has 2 amide bonds. The molecule has 0 radical (unpaired) electrons. The number of aromatic nitrogens is 2. The van der Waals surface area contributed by atoms with Crippen LogP contribution in [0.4, 0.5) is 4.79 Å². The summed E-state index contributed by atoms with van der Waals surface area (Å²) in [5, 5.41) is 10.5. The van der Waals surface area contributed by atoms with E-state index in [9.17, 15) is 4.79 Å². The summed E-state index contributed by atoms with van der Waals surface area (Å²) in [6.07, 6.45) is 3.89. The maximum absolute atomic E-state index is 11.8. The van der Waals surface area contributed by atoms with E-state index in [0.29, 0.717) is 6.04 Å². The molecule has 106 valence electrons. The molecule has 2 heterocycles. The molecule has 6 nitrogen and oxygen atoms in total. The fraction of sp³-hybridized carbons (Fsp3) is 0.692. The Balaban J connectivity index is 1.75. The van der Waals surface area contributed by atoms with Crippen molar-refractivity contribution in [3.05, 3.63) is 17.5 Å². The molecule has 1 aromatic rings. The third-order valence-electron chi connectivity index (χ3n) is 3.66. The zero-order valence-electron chi connectivity index (χ0n) is 11.9. The molecule has 1 aliphatic rings. The third kappa shape index (κ3) is 3.47. The SMILES string of the molecule is Cc1[nH]ncc1CNC1CCN(C(=O)N(C)C)CC1. The minimum atomic E-state index is 0.115. The molecule has 1 aliphatic heterocycles.